The fourth-order valence-corrected chi connectivity index (χ4v) is 3.56. The molecule has 0 aromatic carbocycles. The maximum Gasteiger partial charge on any atom is 0.0544 e. The fourth-order valence-electron chi connectivity index (χ4n) is 3.56. The lowest BCUT2D eigenvalue weighted by Crippen LogP contribution is -2.53. The summed E-state index contributed by atoms with van der Waals surface area (Å²) in [5.74, 6) is 0.919. The third-order valence-electron chi connectivity index (χ3n) is 5.05. The molecule has 20 heavy (non-hydrogen) atoms. The number of rotatable bonds is 6. The van der Waals surface area contributed by atoms with Gasteiger partial charge in [0.15, 0.2) is 0 Å². The fraction of sp³-hybridized carbons (Fsp3) is 0.706. The Morgan fingerprint density at radius 3 is 2.65 bits per heavy atom. The average molecular weight is 275 g/mol. The van der Waals surface area contributed by atoms with Gasteiger partial charge in [0, 0.05) is 24.8 Å². The van der Waals surface area contributed by atoms with Gasteiger partial charge in [-0.25, -0.2) is 0 Å². The first-order chi connectivity index (χ1) is 9.70. The van der Waals surface area contributed by atoms with Crippen molar-refractivity contribution in [1.29, 1.82) is 0 Å². The van der Waals surface area contributed by atoms with E-state index in [1.165, 1.54) is 38.5 Å². The average Bonchev–Trinajstić information content (AvgIpc) is 2.49. The zero-order valence-electron chi connectivity index (χ0n) is 13.0. The Morgan fingerprint density at radius 1 is 1.35 bits per heavy atom. The van der Waals surface area contributed by atoms with Crippen molar-refractivity contribution in [2.45, 2.75) is 57.5 Å². The van der Waals surface area contributed by atoms with Crippen LogP contribution >= 0.6 is 0 Å². The maximum atomic E-state index is 6.15. The van der Waals surface area contributed by atoms with Gasteiger partial charge in [0.2, 0.25) is 0 Å². The number of hydrogen-bond donors (Lipinski definition) is 1. The summed E-state index contributed by atoms with van der Waals surface area (Å²) in [5.41, 5.74) is 7.47. The second-order valence-electron chi connectivity index (χ2n) is 6.34. The highest BCUT2D eigenvalue weighted by atomic mass is 15.2. The molecule has 3 heteroatoms. The molecule has 3 nitrogen and oxygen atoms in total. The largest absolute Gasteiger partial charge is 0.329 e. The van der Waals surface area contributed by atoms with Gasteiger partial charge in [-0.3, -0.25) is 9.88 Å². The smallest absolute Gasteiger partial charge is 0.0544 e. The van der Waals surface area contributed by atoms with Crippen molar-refractivity contribution in [3.8, 4) is 0 Å². The van der Waals surface area contributed by atoms with Gasteiger partial charge in [-0.15, -0.1) is 0 Å². The van der Waals surface area contributed by atoms with Crippen LogP contribution in [0.3, 0.4) is 0 Å². The molecule has 1 aromatic heterocycles. The highest BCUT2D eigenvalue weighted by Crippen LogP contribution is 2.37. The van der Waals surface area contributed by atoms with Gasteiger partial charge in [-0.1, -0.05) is 25.8 Å². The van der Waals surface area contributed by atoms with E-state index in [0.717, 1.165) is 24.7 Å². The van der Waals surface area contributed by atoms with E-state index >= 15 is 0 Å². The monoisotopic (exact) mass is 275 g/mol. The van der Waals surface area contributed by atoms with Gasteiger partial charge < -0.3 is 5.73 Å². The highest BCUT2D eigenvalue weighted by molar-refractivity contribution is 5.05. The first-order valence-corrected chi connectivity index (χ1v) is 8.01. The summed E-state index contributed by atoms with van der Waals surface area (Å²) in [4.78, 5) is 6.88. The zero-order chi connectivity index (χ0) is 14.4. The molecule has 1 aromatic rings. The number of pyridine rings is 1. The van der Waals surface area contributed by atoms with Crippen LogP contribution in [0.25, 0.3) is 0 Å². The predicted molar refractivity (Wildman–Crippen MR) is 84.4 cm³/mol. The molecule has 112 valence electrons. The van der Waals surface area contributed by atoms with Crippen LogP contribution in [-0.2, 0) is 6.54 Å². The molecule has 1 fully saturated rings. The van der Waals surface area contributed by atoms with Crippen molar-refractivity contribution in [2.75, 3.05) is 13.6 Å². The third kappa shape index (κ3) is 3.58. The molecule has 2 N–H and O–H groups in total. The SMILES string of the molecule is CCCC1CCC(CN)(N(C)Cc2ccccn2)CC1. The van der Waals surface area contributed by atoms with Gasteiger partial charge in [-0.2, -0.15) is 0 Å². The molecule has 0 saturated heterocycles. The molecule has 0 amide bonds. The standard InChI is InChI=1S/C17H29N3/c1-3-6-15-8-10-17(14-18,11-9-15)20(2)13-16-7-4-5-12-19-16/h4-5,7,12,15H,3,6,8-11,13-14,18H2,1-2H3. The van der Waals surface area contributed by atoms with Crippen molar-refractivity contribution in [1.82, 2.24) is 9.88 Å². The van der Waals surface area contributed by atoms with Crippen molar-refractivity contribution in [3.63, 3.8) is 0 Å². The van der Waals surface area contributed by atoms with E-state index in [1.54, 1.807) is 0 Å². The Hall–Kier alpha value is -0.930. The lowest BCUT2D eigenvalue weighted by atomic mass is 9.74. The summed E-state index contributed by atoms with van der Waals surface area (Å²) in [5, 5.41) is 0. The first kappa shape index (κ1) is 15.5. The number of nitrogens with zero attached hydrogens (tertiary/aromatic N) is 2. The maximum absolute atomic E-state index is 6.15. The number of nitrogens with two attached hydrogens (primary N) is 1. The minimum absolute atomic E-state index is 0.182. The Bertz CT molecular complexity index is 382. The van der Waals surface area contributed by atoms with Crippen LogP contribution in [0.1, 0.15) is 51.1 Å². The third-order valence-corrected chi connectivity index (χ3v) is 5.05. The molecule has 0 spiro atoms. The molecular weight excluding hydrogens is 246 g/mol. The van der Waals surface area contributed by atoms with E-state index in [4.69, 9.17) is 5.73 Å². The molecule has 0 aliphatic heterocycles. The van der Waals surface area contributed by atoms with E-state index in [-0.39, 0.29) is 5.54 Å². The van der Waals surface area contributed by atoms with Crippen molar-refractivity contribution >= 4 is 0 Å². The summed E-state index contributed by atoms with van der Waals surface area (Å²) < 4.78 is 0. The normalized spacial score (nSPS) is 26.9. The van der Waals surface area contributed by atoms with E-state index in [0.29, 0.717) is 0 Å². The minimum atomic E-state index is 0.182. The van der Waals surface area contributed by atoms with E-state index in [1.807, 2.05) is 12.3 Å². The van der Waals surface area contributed by atoms with Gasteiger partial charge in [0.25, 0.3) is 0 Å². The summed E-state index contributed by atoms with van der Waals surface area (Å²) in [6.45, 7) is 3.95. The molecule has 1 aliphatic carbocycles. The Kier molecular flexibility index (Phi) is 5.55. The van der Waals surface area contributed by atoms with E-state index < -0.39 is 0 Å². The van der Waals surface area contributed by atoms with Gasteiger partial charge >= 0.3 is 0 Å². The highest BCUT2D eigenvalue weighted by Gasteiger charge is 2.37. The van der Waals surface area contributed by atoms with Crippen LogP contribution < -0.4 is 5.73 Å². The van der Waals surface area contributed by atoms with Crippen molar-refractivity contribution < 1.29 is 0 Å². The molecule has 1 saturated carbocycles. The van der Waals surface area contributed by atoms with Gasteiger partial charge in [-0.05, 0) is 50.8 Å². The second kappa shape index (κ2) is 7.19. The Morgan fingerprint density at radius 2 is 2.10 bits per heavy atom. The summed E-state index contributed by atoms with van der Waals surface area (Å²) >= 11 is 0. The Balaban J connectivity index is 1.97. The number of hydrogen-bond acceptors (Lipinski definition) is 3. The second-order valence-corrected chi connectivity index (χ2v) is 6.34. The molecule has 0 atom stereocenters. The molecule has 2 rings (SSSR count). The molecule has 0 bridgehead atoms. The summed E-state index contributed by atoms with van der Waals surface area (Å²) in [6.07, 6.45) is 9.69. The lowest BCUT2D eigenvalue weighted by Gasteiger charge is -2.46. The number of likely N-dealkylation sites (N-methyl/N-ethyl adjacent to an activating group) is 1. The minimum Gasteiger partial charge on any atom is -0.329 e. The van der Waals surface area contributed by atoms with E-state index in [9.17, 15) is 0 Å². The van der Waals surface area contributed by atoms with Crippen LogP contribution in [0.15, 0.2) is 24.4 Å². The van der Waals surface area contributed by atoms with E-state index in [2.05, 4.69) is 36.0 Å². The van der Waals surface area contributed by atoms with Crippen LogP contribution in [0, 0.1) is 5.92 Å². The van der Waals surface area contributed by atoms with Crippen LogP contribution in [0.4, 0.5) is 0 Å². The molecule has 0 radical (unpaired) electrons. The molecule has 1 heterocycles. The van der Waals surface area contributed by atoms with Gasteiger partial charge in [0.1, 0.15) is 0 Å². The summed E-state index contributed by atoms with van der Waals surface area (Å²) in [6, 6.07) is 6.13. The Labute approximate surface area is 123 Å². The van der Waals surface area contributed by atoms with Crippen LogP contribution in [0.2, 0.25) is 0 Å². The quantitative estimate of drug-likeness (QED) is 0.867. The summed E-state index contributed by atoms with van der Waals surface area (Å²) in [7, 11) is 2.21. The molecule has 0 unspecified atom stereocenters. The molecular formula is C17H29N3. The topological polar surface area (TPSA) is 42.1 Å². The lowest BCUT2D eigenvalue weighted by molar-refractivity contribution is 0.0560. The molecule has 1 aliphatic rings. The number of aromatic nitrogens is 1. The predicted octanol–water partition coefficient (Wildman–Crippen LogP) is 3.20. The van der Waals surface area contributed by atoms with Crippen molar-refractivity contribution in [2.24, 2.45) is 11.7 Å². The van der Waals surface area contributed by atoms with Gasteiger partial charge in [0.05, 0.1) is 5.69 Å². The van der Waals surface area contributed by atoms with Crippen LogP contribution in [0.5, 0.6) is 0 Å². The zero-order valence-corrected chi connectivity index (χ0v) is 13.0. The first-order valence-electron chi connectivity index (χ1n) is 8.01. The van der Waals surface area contributed by atoms with Crippen molar-refractivity contribution in [3.05, 3.63) is 30.1 Å². The van der Waals surface area contributed by atoms with Crippen LogP contribution in [-0.4, -0.2) is 29.0 Å².